The zero-order valence-corrected chi connectivity index (χ0v) is 44.6. The van der Waals surface area contributed by atoms with Crippen molar-refractivity contribution in [1.82, 2.24) is 4.90 Å². The lowest BCUT2D eigenvalue weighted by Crippen LogP contribution is -2.61. The number of piperidine rings is 1. The highest BCUT2D eigenvalue weighted by Gasteiger charge is 2.53. The van der Waals surface area contributed by atoms with Crippen LogP contribution >= 0.6 is 0 Å². The van der Waals surface area contributed by atoms with E-state index in [4.69, 9.17) is 39.7 Å². The molecule has 400 valence electrons. The summed E-state index contributed by atoms with van der Waals surface area (Å²) in [6.45, 7) is 16.0. The second kappa shape index (κ2) is 29.2. The summed E-state index contributed by atoms with van der Waals surface area (Å²) in [5.74, 6) is -3.75. The largest absolute Gasteiger partial charge is 0.460 e. The average Bonchev–Trinajstić information content (AvgIpc) is 3.35. The predicted molar refractivity (Wildman–Crippen MR) is 273 cm³/mol. The fourth-order valence-corrected chi connectivity index (χ4v) is 11.0. The number of ketones is 1. The molecular weight excluding hydrogens is 909 g/mol. The van der Waals surface area contributed by atoms with Crippen molar-refractivity contribution in [3.8, 4) is 12.3 Å². The number of amides is 1. The Morgan fingerprint density at radius 2 is 1.65 bits per heavy atom. The normalized spacial score (nSPS) is 39.4. The van der Waals surface area contributed by atoms with Gasteiger partial charge in [0, 0.05) is 65.1 Å². The van der Waals surface area contributed by atoms with Gasteiger partial charge in [-0.2, -0.15) is 0 Å². The maximum atomic E-state index is 14.7. The van der Waals surface area contributed by atoms with E-state index in [0.29, 0.717) is 75.7 Å². The van der Waals surface area contributed by atoms with Gasteiger partial charge in [-0.05, 0) is 114 Å². The third kappa shape index (κ3) is 16.6. The molecule has 3 N–H and O–H groups in total. The average molecular weight is 997 g/mol. The molecule has 4 aliphatic rings. The summed E-state index contributed by atoms with van der Waals surface area (Å²) in [6.07, 6.45) is 18.7. The van der Waals surface area contributed by atoms with Crippen molar-refractivity contribution in [3.05, 3.63) is 47.6 Å². The number of rotatable bonds is 10. The summed E-state index contributed by atoms with van der Waals surface area (Å²) in [6, 6.07) is -1.07. The Morgan fingerprint density at radius 3 is 2.32 bits per heavy atom. The Labute approximate surface area is 424 Å². The van der Waals surface area contributed by atoms with Crippen LogP contribution in [0.1, 0.15) is 132 Å². The van der Waals surface area contributed by atoms with E-state index in [1.54, 1.807) is 21.1 Å². The Bertz CT molecular complexity index is 1910. The van der Waals surface area contributed by atoms with Crippen molar-refractivity contribution in [1.29, 1.82) is 0 Å². The van der Waals surface area contributed by atoms with Gasteiger partial charge in [-0.3, -0.25) is 9.59 Å². The van der Waals surface area contributed by atoms with E-state index in [2.05, 4.69) is 24.1 Å². The number of carbonyl (C=O) groups excluding carboxylic acids is 3. The Balaban J connectivity index is 1.79. The van der Waals surface area contributed by atoms with Gasteiger partial charge in [0.1, 0.15) is 24.4 Å². The molecule has 3 fully saturated rings. The molecule has 16 atom stereocenters. The van der Waals surface area contributed by atoms with Crippen LogP contribution in [0.3, 0.4) is 0 Å². The van der Waals surface area contributed by atoms with Gasteiger partial charge < -0.3 is 53.5 Å². The summed E-state index contributed by atoms with van der Waals surface area (Å²) in [5, 5.41) is 39.1. The minimum absolute atomic E-state index is 0.0517. The van der Waals surface area contributed by atoms with Gasteiger partial charge in [-0.15, -0.1) is 6.42 Å². The number of terminal acetylenes is 1. The lowest BCUT2D eigenvalue weighted by molar-refractivity contribution is -0.265. The van der Waals surface area contributed by atoms with Crippen LogP contribution in [0, 0.1) is 47.9 Å². The van der Waals surface area contributed by atoms with Crippen molar-refractivity contribution in [2.45, 2.75) is 193 Å². The number of nitrogens with zero attached hydrogens (tertiary/aromatic N) is 2. The third-order valence-corrected chi connectivity index (χ3v) is 15.4. The van der Waals surface area contributed by atoms with Gasteiger partial charge in [0.15, 0.2) is 6.61 Å². The van der Waals surface area contributed by atoms with Crippen molar-refractivity contribution < 1.29 is 63.0 Å². The van der Waals surface area contributed by atoms with E-state index in [1.807, 2.05) is 71.9 Å². The van der Waals surface area contributed by atoms with Crippen LogP contribution in [0.5, 0.6) is 0 Å². The molecule has 1 saturated carbocycles. The predicted octanol–water partition coefficient (Wildman–Crippen LogP) is 7.45. The topological polar surface area (TPSA) is 192 Å². The minimum Gasteiger partial charge on any atom is -0.460 e. The summed E-state index contributed by atoms with van der Waals surface area (Å²) < 4.78 is 36.7. The molecule has 0 aromatic carbocycles. The van der Waals surface area contributed by atoms with Crippen molar-refractivity contribution in [2.24, 2.45) is 40.7 Å². The highest BCUT2D eigenvalue weighted by molar-refractivity contribution is 6.39. The minimum atomic E-state index is -2.41. The maximum Gasteiger partial charge on any atom is 0.329 e. The molecule has 3 aliphatic heterocycles. The van der Waals surface area contributed by atoms with Crippen LogP contribution in [0.4, 0.5) is 0 Å². The number of methoxy groups -OCH3 is 3. The highest BCUT2D eigenvalue weighted by atomic mass is 16.6. The van der Waals surface area contributed by atoms with Crippen molar-refractivity contribution >= 4 is 23.4 Å². The molecule has 1 aliphatic carbocycles. The first-order valence-electron chi connectivity index (χ1n) is 26.2. The van der Waals surface area contributed by atoms with Crippen LogP contribution in [-0.4, -0.2) is 145 Å². The first-order chi connectivity index (χ1) is 33.8. The first kappa shape index (κ1) is 59.8. The lowest BCUT2D eigenvalue weighted by atomic mass is 9.78. The highest BCUT2D eigenvalue weighted by Crippen LogP contribution is 2.38. The fraction of sp³-hybridized carbons (Fsp3) is 0.750. The molecule has 0 unspecified atom stereocenters. The number of esters is 1. The van der Waals surface area contributed by atoms with Crippen LogP contribution in [0.15, 0.2) is 52.8 Å². The standard InChI is InChI=1S/C56H88N2O13/c1-13-28-69-57-50-39(7)29-35(3)20-16-15-17-21-36(4)46(65-10)33-43-25-23-41(9)56(64,71-43)53(61)54(62)58-27-19-18-22-44(58)55(63)70-48(38(6)31-42-24-26-45(59)49(32-42)66-11)34-47(68-14-2)37(5)30-40(8)51(60)52(50)67-12/h1,15-17,20-21,30,35,37-39,41-49,51-52,59-60,64H,14,18-19,22-29,31-34H2,2-12H3/b17-15+,20-16+,36-21+,40-30+,57-50-/t35-,37-,38-,39-,41-,42+,43+,44+,45-,46+,47-,48+,49-,51-,52+,56-/m1/s1. The van der Waals surface area contributed by atoms with Crippen LogP contribution in [0.2, 0.25) is 0 Å². The fourth-order valence-electron chi connectivity index (χ4n) is 11.0. The number of hydrogen-bond donors (Lipinski definition) is 3. The SMILES string of the molecule is C#CCO/N=C1/[C@H](C)C[C@H](C)/C=C/C=C/C=C(\C)[C@@H](OC)C[C@@H]2CC[C@@H](C)[C@@](O)(O2)C(=O)C(=O)N2CCCC[C@H]2C(=O)O[C@H]([C@H](C)C[C@@H]2CC[C@@H](O)[C@H](OC)C2)C[C@@H](OCC)[C@H](C)/C=C(\C)[C@@H](O)[C@H]1OC. The number of ether oxygens (including phenoxy) is 6. The van der Waals surface area contributed by atoms with Gasteiger partial charge in [0.2, 0.25) is 5.79 Å². The maximum absolute atomic E-state index is 14.7. The van der Waals surface area contributed by atoms with E-state index >= 15 is 0 Å². The molecule has 3 heterocycles. The summed E-state index contributed by atoms with van der Waals surface area (Å²) in [5.41, 5.74) is 2.03. The molecule has 0 radical (unpaired) electrons. The van der Waals surface area contributed by atoms with Gasteiger partial charge >= 0.3 is 5.97 Å². The van der Waals surface area contributed by atoms with Gasteiger partial charge in [0.25, 0.3) is 11.7 Å². The zero-order valence-electron chi connectivity index (χ0n) is 44.6. The number of carbonyl (C=O) groups is 3. The van der Waals surface area contributed by atoms with E-state index in [9.17, 15) is 29.7 Å². The molecule has 0 spiro atoms. The Hall–Kier alpha value is -3.72. The molecule has 71 heavy (non-hydrogen) atoms. The number of aliphatic hydroxyl groups is 3. The first-order valence-corrected chi connectivity index (χ1v) is 26.2. The second-order valence-electron chi connectivity index (χ2n) is 20.8. The van der Waals surface area contributed by atoms with Gasteiger partial charge in [-0.25, -0.2) is 4.79 Å². The number of allylic oxidation sites excluding steroid dienone is 5. The molecular formula is C56H88N2O13. The monoisotopic (exact) mass is 997 g/mol. The Morgan fingerprint density at radius 1 is 0.901 bits per heavy atom. The number of fused-ring (bicyclic) bond motifs is 3. The van der Waals surface area contributed by atoms with Crippen molar-refractivity contribution in [3.63, 3.8) is 0 Å². The lowest BCUT2D eigenvalue weighted by Gasteiger charge is -2.43. The van der Waals surface area contributed by atoms with Crippen molar-refractivity contribution in [2.75, 3.05) is 41.1 Å². The van der Waals surface area contributed by atoms with Gasteiger partial charge in [0.05, 0.1) is 36.2 Å². The van der Waals surface area contributed by atoms with Crippen LogP contribution in [-0.2, 0) is 47.6 Å². The molecule has 2 bridgehead atoms. The second-order valence-corrected chi connectivity index (χ2v) is 20.8. The molecule has 0 aromatic rings. The van der Waals surface area contributed by atoms with E-state index in [1.165, 1.54) is 12.0 Å². The Kier molecular flexibility index (Phi) is 24.6. The third-order valence-electron chi connectivity index (χ3n) is 15.4. The summed E-state index contributed by atoms with van der Waals surface area (Å²) in [7, 11) is 4.73. The molecule has 2 saturated heterocycles. The van der Waals surface area contributed by atoms with E-state index in [-0.39, 0.29) is 61.7 Å². The number of cyclic esters (lactones) is 1. The van der Waals surface area contributed by atoms with Crippen LogP contribution < -0.4 is 0 Å². The van der Waals surface area contributed by atoms with Crippen LogP contribution in [0.25, 0.3) is 0 Å². The summed E-state index contributed by atoms with van der Waals surface area (Å²) in [4.78, 5) is 50.2. The summed E-state index contributed by atoms with van der Waals surface area (Å²) >= 11 is 0. The zero-order chi connectivity index (χ0) is 52.4. The molecule has 15 nitrogen and oxygen atoms in total. The molecule has 15 heteroatoms. The molecule has 1 amide bonds. The van der Waals surface area contributed by atoms with Gasteiger partial charge in [-0.1, -0.05) is 82.2 Å². The molecule has 4 rings (SSSR count). The molecule has 0 aromatic heterocycles. The van der Waals surface area contributed by atoms with E-state index in [0.717, 1.165) is 12.0 Å². The number of oxime groups is 1. The number of hydrogen-bond acceptors (Lipinski definition) is 14. The van der Waals surface area contributed by atoms with E-state index < -0.39 is 78.1 Å². The number of Topliss-reactive ketones (excluding diaryl/α,β-unsaturated/α-hetero) is 1. The smallest absolute Gasteiger partial charge is 0.329 e. The quantitative estimate of drug-likeness (QED) is 0.0489. The number of aliphatic hydroxyl groups excluding tert-OH is 2.